The molecule has 0 fully saturated rings. The minimum atomic E-state index is -3.11. The lowest BCUT2D eigenvalue weighted by Gasteiger charge is -2.16. The first-order chi connectivity index (χ1) is 8.47. The van der Waals surface area contributed by atoms with E-state index in [9.17, 15) is 17.6 Å². The molecule has 18 heavy (non-hydrogen) atoms. The molecule has 2 rings (SSSR count). The summed E-state index contributed by atoms with van der Waals surface area (Å²) < 4.78 is 53.0. The van der Waals surface area contributed by atoms with Crippen LogP contribution in [0.15, 0.2) is 48.5 Å². The summed E-state index contributed by atoms with van der Waals surface area (Å²) in [5.41, 5.74) is 0.0685. The summed E-state index contributed by atoms with van der Waals surface area (Å²) in [6.07, 6.45) is -0.543. The number of benzene rings is 2. The van der Waals surface area contributed by atoms with Crippen LogP contribution in [-0.4, -0.2) is 0 Å². The fourth-order valence-corrected chi connectivity index (χ4v) is 1.65. The van der Waals surface area contributed by atoms with Gasteiger partial charge in [0.05, 0.1) is 0 Å². The zero-order valence-corrected chi connectivity index (χ0v) is 9.34. The van der Waals surface area contributed by atoms with E-state index in [1.165, 1.54) is 12.1 Å². The third-order valence-electron chi connectivity index (χ3n) is 2.61. The molecule has 2 aromatic rings. The van der Waals surface area contributed by atoms with Crippen LogP contribution in [0.2, 0.25) is 0 Å². The zero-order chi connectivity index (χ0) is 13.2. The van der Waals surface area contributed by atoms with Crippen molar-refractivity contribution in [2.75, 3.05) is 0 Å². The lowest BCUT2D eigenvalue weighted by molar-refractivity contribution is -0.00389. The van der Waals surface area contributed by atoms with Crippen LogP contribution in [0.5, 0.6) is 0 Å². The molecular weight excluding hydrogens is 244 g/mol. The lowest BCUT2D eigenvalue weighted by atomic mass is 10.0. The maximum atomic E-state index is 13.9. The minimum Gasteiger partial charge on any atom is -0.207 e. The molecular formula is C14H10F4. The Morgan fingerprint density at radius 3 is 1.67 bits per heavy atom. The topological polar surface area (TPSA) is 0 Å². The van der Waals surface area contributed by atoms with Crippen LogP contribution in [-0.2, 0) is 12.3 Å². The highest BCUT2D eigenvalue weighted by Crippen LogP contribution is 2.31. The van der Waals surface area contributed by atoms with Crippen LogP contribution in [0.3, 0.4) is 0 Å². The zero-order valence-electron chi connectivity index (χ0n) is 9.34. The van der Waals surface area contributed by atoms with E-state index in [0.717, 1.165) is 36.4 Å². The van der Waals surface area contributed by atoms with Crippen LogP contribution in [0.4, 0.5) is 17.6 Å². The van der Waals surface area contributed by atoms with Crippen molar-refractivity contribution in [2.45, 2.75) is 12.3 Å². The molecule has 0 radical (unpaired) electrons. The SMILES string of the molecule is Fc1ccc(CC(F)(F)c2ccc(F)cc2)cc1. The van der Waals surface area contributed by atoms with Crippen molar-refractivity contribution in [1.82, 2.24) is 0 Å². The maximum absolute atomic E-state index is 13.9. The van der Waals surface area contributed by atoms with Gasteiger partial charge in [-0.25, -0.2) is 17.6 Å². The average Bonchev–Trinajstić information content (AvgIpc) is 2.32. The number of halogens is 4. The summed E-state index contributed by atoms with van der Waals surface area (Å²) in [7, 11) is 0. The number of rotatable bonds is 3. The normalized spacial score (nSPS) is 11.6. The van der Waals surface area contributed by atoms with Gasteiger partial charge < -0.3 is 0 Å². The molecule has 4 heteroatoms. The largest absolute Gasteiger partial charge is 0.277 e. The van der Waals surface area contributed by atoms with Crippen molar-refractivity contribution in [1.29, 1.82) is 0 Å². The molecule has 0 saturated heterocycles. The van der Waals surface area contributed by atoms with Crippen LogP contribution in [0.1, 0.15) is 11.1 Å². The monoisotopic (exact) mass is 254 g/mol. The molecule has 0 N–H and O–H groups in total. The van der Waals surface area contributed by atoms with Gasteiger partial charge in [0, 0.05) is 12.0 Å². The highest BCUT2D eigenvalue weighted by atomic mass is 19.3. The highest BCUT2D eigenvalue weighted by molar-refractivity contribution is 5.25. The van der Waals surface area contributed by atoms with Gasteiger partial charge in [-0.05, 0) is 29.8 Å². The van der Waals surface area contributed by atoms with Gasteiger partial charge in [0.2, 0.25) is 0 Å². The average molecular weight is 254 g/mol. The van der Waals surface area contributed by atoms with E-state index in [4.69, 9.17) is 0 Å². The number of alkyl halides is 2. The second kappa shape index (κ2) is 4.80. The van der Waals surface area contributed by atoms with E-state index in [1.54, 1.807) is 0 Å². The van der Waals surface area contributed by atoms with Crippen molar-refractivity contribution in [2.24, 2.45) is 0 Å². The first kappa shape index (κ1) is 12.6. The predicted molar refractivity (Wildman–Crippen MR) is 60.4 cm³/mol. The molecule has 2 aromatic carbocycles. The van der Waals surface area contributed by atoms with Crippen LogP contribution >= 0.6 is 0 Å². The maximum Gasteiger partial charge on any atom is 0.277 e. The standard InChI is InChI=1S/C14H10F4/c15-12-5-1-10(2-6-12)9-14(17,18)11-3-7-13(16)8-4-11/h1-8H,9H2. The molecule has 0 saturated carbocycles. The van der Waals surface area contributed by atoms with Gasteiger partial charge in [0.15, 0.2) is 0 Å². The van der Waals surface area contributed by atoms with Gasteiger partial charge in [-0.15, -0.1) is 0 Å². The fraction of sp³-hybridized carbons (Fsp3) is 0.143. The molecule has 0 amide bonds. The highest BCUT2D eigenvalue weighted by Gasteiger charge is 2.31. The summed E-state index contributed by atoms with van der Waals surface area (Å²) in [6, 6.07) is 8.99. The Hall–Kier alpha value is -1.84. The summed E-state index contributed by atoms with van der Waals surface area (Å²) in [5.74, 6) is -4.13. The first-order valence-corrected chi connectivity index (χ1v) is 5.36. The number of hydrogen-bond acceptors (Lipinski definition) is 0. The molecule has 0 spiro atoms. The molecule has 0 heterocycles. The van der Waals surface area contributed by atoms with Crippen molar-refractivity contribution >= 4 is 0 Å². The van der Waals surface area contributed by atoms with Crippen LogP contribution in [0, 0.1) is 11.6 Å². The van der Waals surface area contributed by atoms with Crippen molar-refractivity contribution < 1.29 is 17.6 Å². The Morgan fingerprint density at radius 2 is 1.17 bits per heavy atom. The smallest absolute Gasteiger partial charge is 0.207 e. The molecule has 0 aromatic heterocycles. The fourth-order valence-electron chi connectivity index (χ4n) is 1.65. The van der Waals surface area contributed by atoms with Gasteiger partial charge >= 0.3 is 0 Å². The Labute approximate surface area is 102 Å². The molecule has 0 unspecified atom stereocenters. The first-order valence-electron chi connectivity index (χ1n) is 5.36. The van der Waals surface area contributed by atoms with E-state index in [2.05, 4.69) is 0 Å². The van der Waals surface area contributed by atoms with E-state index in [-0.39, 0.29) is 5.56 Å². The molecule has 0 atom stereocenters. The predicted octanol–water partition coefficient (Wildman–Crippen LogP) is 4.30. The molecule has 0 aliphatic carbocycles. The van der Waals surface area contributed by atoms with E-state index >= 15 is 0 Å². The van der Waals surface area contributed by atoms with Crippen molar-refractivity contribution in [3.63, 3.8) is 0 Å². The summed E-state index contributed by atoms with van der Waals surface area (Å²) >= 11 is 0. The summed E-state index contributed by atoms with van der Waals surface area (Å²) in [6.45, 7) is 0. The molecule has 0 aliphatic heterocycles. The van der Waals surface area contributed by atoms with Crippen LogP contribution < -0.4 is 0 Å². The minimum absolute atomic E-state index is 0.256. The second-order valence-corrected chi connectivity index (χ2v) is 4.01. The van der Waals surface area contributed by atoms with Gasteiger partial charge in [-0.2, -0.15) is 0 Å². The molecule has 0 bridgehead atoms. The lowest BCUT2D eigenvalue weighted by Crippen LogP contribution is -2.16. The van der Waals surface area contributed by atoms with E-state index in [0.29, 0.717) is 5.56 Å². The van der Waals surface area contributed by atoms with Crippen molar-refractivity contribution in [3.8, 4) is 0 Å². The van der Waals surface area contributed by atoms with Gasteiger partial charge in [-0.3, -0.25) is 0 Å². The van der Waals surface area contributed by atoms with Gasteiger partial charge in [0.1, 0.15) is 11.6 Å². The molecule has 0 aliphatic rings. The summed E-state index contributed by atoms with van der Waals surface area (Å²) in [5, 5.41) is 0. The second-order valence-electron chi connectivity index (χ2n) is 4.01. The molecule has 0 nitrogen and oxygen atoms in total. The third kappa shape index (κ3) is 2.88. The summed E-state index contributed by atoms with van der Waals surface area (Å²) in [4.78, 5) is 0. The molecule has 94 valence electrons. The number of hydrogen-bond donors (Lipinski definition) is 0. The Balaban J connectivity index is 2.20. The third-order valence-corrected chi connectivity index (χ3v) is 2.61. The van der Waals surface area contributed by atoms with Crippen molar-refractivity contribution in [3.05, 3.63) is 71.3 Å². The van der Waals surface area contributed by atoms with Crippen LogP contribution in [0.25, 0.3) is 0 Å². The van der Waals surface area contributed by atoms with E-state index < -0.39 is 24.0 Å². The van der Waals surface area contributed by atoms with Gasteiger partial charge in [-0.1, -0.05) is 24.3 Å². The Morgan fingerprint density at radius 1 is 0.722 bits per heavy atom. The Bertz CT molecular complexity index is 514. The Kier molecular flexibility index (Phi) is 3.36. The van der Waals surface area contributed by atoms with E-state index in [1.807, 2.05) is 0 Å². The quantitative estimate of drug-likeness (QED) is 0.716. The van der Waals surface area contributed by atoms with Gasteiger partial charge in [0.25, 0.3) is 5.92 Å².